The number of rotatable bonds is 0. The highest BCUT2D eigenvalue weighted by Crippen LogP contribution is 2.34. The predicted molar refractivity (Wildman–Crippen MR) is 66.9 cm³/mol. The molecule has 0 N–H and O–H groups in total. The SMILES string of the molecule is Cc1ccc2c(Br)c(Br)cnc2c1Cl. The average molecular weight is 335 g/mol. The lowest BCUT2D eigenvalue weighted by Gasteiger charge is -2.05. The first-order valence-electron chi connectivity index (χ1n) is 4.00. The van der Waals surface area contributed by atoms with Crippen LogP contribution in [0.1, 0.15) is 5.56 Å². The summed E-state index contributed by atoms with van der Waals surface area (Å²) in [5.74, 6) is 0. The van der Waals surface area contributed by atoms with E-state index in [1.165, 1.54) is 0 Å². The van der Waals surface area contributed by atoms with E-state index < -0.39 is 0 Å². The highest BCUT2D eigenvalue weighted by molar-refractivity contribution is 9.13. The van der Waals surface area contributed by atoms with E-state index in [1.807, 2.05) is 19.1 Å². The highest BCUT2D eigenvalue weighted by atomic mass is 79.9. The maximum atomic E-state index is 6.15. The van der Waals surface area contributed by atoms with Crippen molar-refractivity contribution in [2.75, 3.05) is 0 Å². The molecule has 0 spiro atoms. The second-order valence-corrected chi connectivity index (χ2v) is 5.04. The van der Waals surface area contributed by atoms with E-state index in [0.717, 1.165) is 30.4 Å². The van der Waals surface area contributed by atoms with Crippen molar-refractivity contribution >= 4 is 54.4 Å². The Morgan fingerprint density at radius 2 is 2.00 bits per heavy atom. The van der Waals surface area contributed by atoms with E-state index in [9.17, 15) is 0 Å². The van der Waals surface area contributed by atoms with Gasteiger partial charge in [0.1, 0.15) is 0 Å². The molecule has 1 aromatic heterocycles. The lowest BCUT2D eigenvalue weighted by molar-refractivity contribution is 1.36. The summed E-state index contributed by atoms with van der Waals surface area (Å²) in [6, 6.07) is 4.00. The molecule has 1 aromatic carbocycles. The molecule has 0 bridgehead atoms. The summed E-state index contributed by atoms with van der Waals surface area (Å²) in [6.07, 6.45) is 1.75. The van der Waals surface area contributed by atoms with E-state index in [0.29, 0.717) is 0 Å². The molecule has 14 heavy (non-hydrogen) atoms. The molecule has 2 rings (SSSR count). The first-order chi connectivity index (χ1) is 6.61. The van der Waals surface area contributed by atoms with Gasteiger partial charge in [-0.05, 0) is 44.3 Å². The Hall–Kier alpha value is -0.120. The minimum atomic E-state index is 0.718. The normalized spacial score (nSPS) is 10.9. The molecule has 2 aromatic rings. The Bertz CT molecular complexity index is 464. The summed E-state index contributed by atoms with van der Waals surface area (Å²) in [7, 11) is 0. The Kier molecular flexibility index (Phi) is 2.82. The molecule has 0 atom stereocenters. The molecule has 4 heteroatoms. The summed E-state index contributed by atoms with van der Waals surface area (Å²) >= 11 is 13.1. The second-order valence-electron chi connectivity index (χ2n) is 3.01. The molecule has 72 valence electrons. The lowest BCUT2D eigenvalue weighted by Crippen LogP contribution is -1.85. The largest absolute Gasteiger partial charge is 0.253 e. The van der Waals surface area contributed by atoms with Gasteiger partial charge in [0, 0.05) is 16.1 Å². The first kappa shape index (κ1) is 10.4. The number of fused-ring (bicyclic) bond motifs is 1. The van der Waals surface area contributed by atoms with Crippen LogP contribution in [0.4, 0.5) is 0 Å². The van der Waals surface area contributed by atoms with Gasteiger partial charge in [-0.25, -0.2) is 0 Å². The van der Waals surface area contributed by atoms with Gasteiger partial charge in [0.2, 0.25) is 0 Å². The van der Waals surface area contributed by atoms with Gasteiger partial charge in [-0.1, -0.05) is 23.7 Å². The zero-order chi connectivity index (χ0) is 10.3. The third-order valence-corrected chi connectivity index (χ3v) is 4.53. The maximum Gasteiger partial charge on any atom is 0.0903 e. The molecule has 0 amide bonds. The fraction of sp³-hybridized carbons (Fsp3) is 0.100. The van der Waals surface area contributed by atoms with Crippen LogP contribution in [0.3, 0.4) is 0 Å². The van der Waals surface area contributed by atoms with Crippen LogP contribution in [0.2, 0.25) is 5.02 Å². The summed E-state index contributed by atoms with van der Waals surface area (Å²) < 4.78 is 1.93. The minimum absolute atomic E-state index is 0.718. The molecule has 0 unspecified atom stereocenters. The smallest absolute Gasteiger partial charge is 0.0903 e. The summed E-state index contributed by atoms with van der Waals surface area (Å²) in [5.41, 5.74) is 1.88. The van der Waals surface area contributed by atoms with Crippen molar-refractivity contribution in [3.63, 3.8) is 0 Å². The Balaban J connectivity index is 2.94. The summed E-state index contributed by atoms with van der Waals surface area (Å²) in [5, 5.41) is 1.74. The zero-order valence-electron chi connectivity index (χ0n) is 7.31. The van der Waals surface area contributed by atoms with Gasteiger partial charge in [-0.15, -0.1) is 0 Å². The van der Waals surface area contributed by atoms with Crippen molar-refractivity contribution in [3.8, 4) is 0 Å². The van der Waals surface area contributed by atoms with Crippen molar-refractivity contribution in [2.24, 2.45) is 0 Å². The summed E-state index contributed by atoms with van der Waals surface area (Å²) in [6.45, 7) is 1.97. The van der Waals surface area contributed by atoms with Gasteiger partial charge >= 0.3 is 0 Å². The van der Waals surface area contributed by atoms with E-state index in [-0.39, 0.29) is 0 Å². The number of hydrogen-bond donors (Lipinski definition) is 0. The van der Waals surface area contributed by atoms with Crippen molar-refractivity contribution in [2.45, 2.75) is 6.92 Å². The fourth-order valence-electron chi connectivity index (χ4n) is 1.28. The topological polar surface area (TPSA) is 12.9 Å². The summed E-state index contributed by atoms with van der Waals surface area (Å²) in [4.78, 5) is 4.29. The second kappa shape index (κ2) is 3.80. The molecule has 0 radical (unpaired) electrons. The molecule has 0 saturated heterocycles. The molecule has 1 heterocycles. The Morgan fingerprint density at radius 3 is 2.71 bits per heavy atom. The number of pyridine rings is 1. The van der Waals surface area contributed by atoms with Crippen LogP contribution in [0.15, 0.2) is 27.3 Å². The van der Waals surface area contributed by atoms with Crippen LogP contribution >= 0.6 is 43.5 Å². The number of nitrogens with zero attached hydrogens (tertiary/aromatic N) is 1. The molecule has 0 saturated carbocycles. The van der Waals surface area contributed by atoms with Crippen LogP contribution in [0, 0.1) is 6.92 Å². The van der Waals surface area contributed by atoms with E-state index >= 15 is 0 Å². The van der Waals surface area contributed by atoms with E-state index in [4.69, 9.17) is 11.6 Å². The number of hydrogen-bond acceptors (Lipinski definition) is 1. The molecule has 0 aliphatic heterocycles. The van der Waals surface area contributed by atoms with Gasteiger partial charge < -0.3 is 0 Å². The highest BCUT2D eigenvalue weighted by Gasteiger charge is 2.08. The molecule has 1 nitrogen and oxygen atoms in total. The van der Waals surface area contributed by atoms with Crippen LogP contribution < -0.4 is 0 Å². The molecule has 0 aliphatic carbocycles. The third-order valence-electron chi connectivity index (χ3n) is 2.06. The van der Waals surface area contributed by atoms with Gasteiger partial charge in [-0.3, -0.25) is 4.98 Å². The number of aryl methyl sites for hydroxylation is 1. The van der Waals surface area contributed by atoms with Gasteiger partial charge in [0.15, 0.2) is 0 Å². The Morgan fingerprint density at radius 1 is 1.29 bits per heavy atom. The van der Waals surface area contributed by atoms with Crippen molar-refractivity contribution in [1.82, 2.24) is 4.98 Å². The van der Waals surface area contributed by atoms with Crippen LogP contribution in [-0.2, 0) is 0 Å². The molecule has 0 fully saturated rings. The molecular weight excluding hydrogens is 329 g/mol. The third kappa shape index (κ3) is 1.58. The minimum Gasteiger partial charge on any atom is -0.253 e. The number of benzene rings is 1. The number of halogens is 3. The first-order valence-corrected chi connectivity index (χ1v) is 5.96. The zero-order valence-corrected chi connectivity index (χ0v) is 11.2. The van der Waals surface area contributed by atoms with Gasteiger partial charge in [0.05, 0.1) is 15.0 Å². The van der Waals surface area contributed by atoms with E-state index in [2.05, 4.69) is 36.8 Å². The lowest BCUT2D eigenvalue weighted by atomic mass is 10.1. The standard InChI is InChI=1S/C10H6Br2ClN/c1-5-2-3-6-8(12)7(11)4-14-10(6)9(5)13/h2-4H,1H3. The number of aromatic nitrogens is 1. The average Bonchev–Trinajstić information content (AvgIpc) is 2.17. The fourth-order valence-corrected chi connectivity index (χ4v) is 2.23. The maximum absolute atomic E-state index is 6.15. The quantitative estimate of drug-likeness (QED) is 0.679. The van der Waals surface area contributed by atoms with Crippen molar-refractivity contribution < 1.29 is 0 Å². The van der Waals surface area contributed by atoms with Gasteiger partial charge in [0.25, 0.3) is 0 Å². The van der Waals surface area contributed by atoms with Crippen LogP contribution in [-0.4, -0.2) is 4.98 Å². The molecule has 0 aliphatic rings. The van der Waals surface area contributed by atoms with E-state index in [1.54, 1.807) is 6.20 Å². The monoisotopic (exact) mass is 333 g/mol. The van der Waals surface area contributed by atoms with Gasteiger partial charge in [-0.2, -0.15) is 0 Å². The van der Waals surface area contributed by atoms with Crippen LogP contribution in [0.25, 0.3) is 10.9 Å². The molecular formula is C10H6Br2ClN. The predicted octanol–water partition coefficient (Wildman–Crippen LogP) is 4.72. The van der Waals surface area contributed by atoms with Crippen LogP contribution in [0.5, 0.6) is 0 Å². The van der Waals surface area contributed by atoms with Crippen molar-refractivity contribution in [1.29, 1.82) is 0 Å². The Labute approximate surface area is 104 Å². The van der Waals surface area contributed by atoms with Crippen molar-refractivity contribution in [3.05, 3.63) is 37.9 Å².